The molecule has 0 aliphatic rings. The Morgan fingerprint density at radius 2 is 2.00 bits per heavy atom. The highest BCUT2D eigenvalue weighted by Gasteiger charge is 2.17. The molecule has 3 aromatic rings. The zero-order chi connectivity index (χ0) is 22.4. The number of aryl methyl sites for hydroxylation is 1. The van der Waals surface area contributed by atoms with E-state index in [4.69, 9.17) is 26.8 Å². The molecule has 0 unspecified atom stereocenters. The van der Waals surface area contributed by atoms with Crippen LogP contribution in [0.3, 0.4) is 0 Å². The highest BCUT2D eigenvalue weighted by atomic mass is 35.5. The lowest BCUT2D eigenvalue weighted by molar-refractivity contribution is 0.0952. The molecule has 31 heavy (non-hydrogen) atoms. The molecule has 1 aromatic heterocycles. The minimum Gasteiger partial charge on any atom is -0.493 e. The summed E-state index contributed by atoms with van der Waals surface area (Å²) in [7, 11) is 2.95. The van der Waals surface area contributed by atoms with E-state index in [0.29, 0.717) is 53.5 Å². The van der Waals surface area contributed by atoms with E-state index in [1.165, 1.54) is 20.3 Å². The predicted molar refractivity (Wildman–Crippen MR) is 118 cm³/mol. The van der Waals surface area contributed by atoms with Gasteiger partial charge in [-0.15, -0.1) is 0 Å². The van der Waals surface area contributed by atoms with Crippen LogP contribution < -0.4 is 20.5 Å². The second kappa shape index (κ2) is 9.87. The predicted octanol–water partition coefficient (Wildman–Crippen LogP) is 3.36. The van der Waals surface area contributed by atoms with Crippen molar-refractivity contribution in [2.75, 3.05) is 26.5 Å². The number of carbonyl (C=O) groups is 1. The summed E-state index contributed by atoms with van der Waals surface area (Å²) in [6, 6.07) is 14.6. The Labute approximate surface area is 185 Å². The molecule has 1 heterocycles. The first-order valence-electron chi connectivity index (χ1n) is 9.52. The third kappa shape index (κ3) is 4.73. The summed E-state index contributed by atoms with van der Waals surface area (Å²) >= 11 is 6.16. The lowest BCUT2D eigenvalue weighted by Crippen LogP contribution is -2.25. The van der Waals surface area contributed by atoms with Gasteiger partial charge >= 0.3 is 0 Å². The second-order valence-electron chi connectivity index (χ2n) is 6.62. The fourth-order valence-corrected chi connectivity index (χ4v) is 3.44. The maximum absolute atomic E-state index is 12.5. The van der Waals surface area contributed by atoms with Crippen molar-refractivity contribution in [3.05, 3.63) is 64.3 Å². The molecule has 0 fully saturated rings. The molecule has 3 N–H and O–H groups in total. The van der Waals surface area contributed by atoms with E-state index in [2.05, 4.69) is 16.5 Å². The average molecular weight is 440 g/mol. The van der Waals surface area contributed by atoms with Crippen LogP contribution in [-0.4, -0.2) is 36.5 Å². The number of rotatable bonds is 8. The van der Waals surface area contributed by atoms with Gasteiger partial charge in [0.25, 0.3) is 5.91 Å². The molecule has 0 aliphatic heterocycles. The average Bonchev–Trinajstić information content (AvgIpc) is 3.11. The zero-order valence-corrected chi connectivity index (χ0v) is 17.9. The number of nitrogen functional groups attached to an aromatic ring is 1. The summed E-state index contributed by atoms with van der Waals surface area (Å²) in [4.78, 5) is 12.5. The van der Waals surface area contributed by atoms with Crippen molar-refractivity contribution >= 4 is 23.3 Å². The van der Waals surface area contributed by atoms with Crippen molar-refractivity contribution in [2.24, 2.45) is 0 Å². The number of nitrogens with one attached hydrogen (secondary N) is 1. The van der Waals surface area contributed by atoms with Crippen LogP contribution >= 0.6 is 11.6 Å². The fraction of sp³-hybridized carbons (Fsp3) is 0.227. The molecule has 160 valence electrons. The van der Waals surface area contributed by atoms with E-state index in [1.54, 1.807) is 10.7 Å². The molecule has 0 aliphatic carbocycles. The van der Waals surface area contributed by atoms with E-state index >= 15 is 0 Å². The van der Waals surface area contributed by atoms with Crippen LogP contribution in [0.15, 0.2) is 42.5 Å². The van der Waals surface area contributed by atoms with Crippen LogP contribution in [0.25, 0.3) is 5.69 Å². The third-order valence-electron chi connectivity index (χ3n) is 4.68. The van der Waals surface area contributed by atoms with Gasteiger partial charge in [0.1, 0.15) is 17.5 Å². The van der Waals surface area contributed by atoms with Crippen LogP contribution in [0.5, 0.6) is 11.5 Å². The first kappa shape index (κ1) is 22.0. The van der Waals surface area contributed by atoms with Crippen LogP contribution in [0.4, 0.5) is 5.82 Å². The number of halogens is 1. The number of nitrogens with zero attached hydrogens (tertiary/aromatic N) is 3. The Morgan fingerprint density at radius 1 is 1.26 bits per heavy atom. The van der Waals surface area contributed by atoms with Crippen LogP contribution in [0, 0.1) is 11.3 Å². The van der Waals surface area contributed by atoms with Crippen molar-refractivity contribution in [1.82, 2.24) is 15.1 Å². The Hall–Kier alpha value is -3.70. The summed E-state index contributed by atoms with van der Waals surface area (Å²) in [5, 5.41) is 17.1. The molecule has 9 heteroatoms. The standard InChI is InChI=1S/C22H22ClN5O3/c1-30-19-12-14(11-17(23)20(19)31-2)22(29)26-10-6-9-18-16(13-24)21(25)28(27-18)15-7-4-3-5-8-15/h3-5,7-8,11-12H,6,9-10,25H2,1-2H3,(H,26,29). The fourth-order valence-electron chi connectivity index (χ4n) is 3.15. The number of nitrogens with two attached hydrogens (primary N) is 1. The summed E-state index contributed by atoms with van der Waals surface area (Å²) in [6.45, 7) is 0.383. The lowest BCUT2D eigenvalue weighted by Gasteiger charge is -2.12. The van der Waals surface area contributed by atoms with Gasteiger partial charge in [-0.2, -0.15) is 10.4 Å². The van der Waals surface area contributed by atoms with Crippen LogP contribution in [0.1, 0.15) is 28.0 Å². The van der Waals surface area contributed by atoms with Gasteiger partial charge in [0.15, 0.2) is 11.5 Å². The summed E-state index contributed by atoms with van der Waals surface area (Å²) in [5.74, 6) is 0.752. The normalized spacial score (nSPS) is 10.4. The molecule has 0 spiro atoms. The number of carbonyl (C=O) groups excluding carboxylic acids is 1. The first-order valence-corrected chi connectivity index (χ1v) is 9.90. The second-order valence-corrected chi connectivity index (χ2v) is 7.03. The number of hydrogen-bond donors (Lipinski definition) is 2. The van der Waals surface area contributed by atoms with Gasteiger partial charge in [-0.1, -0.05) is 29.8 Å². The maximum Gasteiger partial charge on any atom is 0.251 e. The van der Waals surface area contributed by atoms with E-state index in [0.717, 1.165) is 5.69 Å². The Kier molecular flexibility index (Phi) is 7.00. The number of nitriles is 1. The number of anilines is 1. The highest BCUT2D eigenvalue weighted by molar-refractivity contribution is 6.32. The van der Waals surface area contributed by atoms with E-state index in [-0.39, 0.29) is 10.9 Å². The van der Waals surface area contributed by atoms with Gasteiger partial charge < -0.3 is 20.5 Å². The minimum atomic E-state index is -0.294. The van der Waals surface area contributed by atoms with Gasteiger partial charge in [-0.3, -0.25) is 4.79 Å². The molecular formula is C22H22ClN5O3. The number of para-hydroxylation sites is 1. The number of amides is 1. The van der Waals surface area contributed by atoms with Crippen LogP contribution in [-0.2, 0) is 6.42 Å². The van der Waals surface area contributed by atoms with Crippen molar-refractivity contribution in [3.63, 3.8) is 0 Å². The molecule has 0 saturated carbocycles. The monoisotopic (exact) mass is 439 g/mol. The molecular weight excluding hydrogens is 418 g/mol. The van der Waals surface area contributed by atoms with Crippen molar-refractivity contribution in [3.8, 4) is 23.3 Å². The summed E-state index contributed by atoms with van der Waals surface area (Å²) < 4.78 is 12.0. The molecule has 0 saturated heterocycles. The summed E-state index contributed by atoms with van der Waals surface area (Å²) in [5.41, 5.74) is 8.19. The van der Waals surface area contributed by atoms with E-state index in [1.807, 2.05) is 30.3 Å². The highest BCUT2D eigenvalue weighted by Crippen LogP contribution is 2.36. The van der Waals surface area contributed by atoms with Gasteiger partial charge in [-0.05, 0) is 37.1 Å². The van der Waals surface area contributed by atoms with Gasteiger partial charge in [0, 0.05) is 12.1 Å². The van der Waals surface area contributed by atoms with Gasteiger partial charge in [0.05, 0.1) is 30.6 Å². The minimum absolute atomic E-state index is 0.285. The van der Waals surface area contributed by atoms with E-state index < -0.39 is 0 Å². The summed E-state index contributed by atoms with van der Waals surface area (Å²) in [6.07, 6.45) is 1.06. The number of benzene rings is 2. The molecule has 0 bridgehead atoms. The van der Waals surface area contributed by atoms with Gasteiger partial charge in [0.2, 0.25) is 0 Å². The molecule has 0 atom stereocenters. The largest absolute Gasteiger partial charge is 0.493 e. The molecule has 1 amide bonds. The zero-order valence-electron chi connectivity index (χ0n) is 17.2. The van der Waals surface area contributed by atoms with Crippen LogP contribution in [0.2, 0.25) is 5.02 Å². The topological polar surface area (TPSA) is 115 Å². The molecule has 2 aromatic carbocycles. The number of hydrogen-bond acceptors (Lipinski definition) is 6. The maximum atomic E-state index is 12.5. The Morgan fingerprint density at radius 3 is 2.65 bits per heavy atom. The number of aromatic nitrogens is 2. The van der Waals surface area contributed by atoms with Crippen molar-refractivity contribution in [1.29, 1.82) is 5.26 Å². The smallest absolute Gasteiger partial charge is 0.251 e. The number of methoxy groups -OCH3 is 2. The first-order chi connectivity index (χ1) is 15.0. The number of ether oxygens (including phenoxy) is 2. The molecule has 3 rings (SSSR count). The Bertz CT molecular complexity index is 1120. The van der Waals surface area contributed by atoms with Gasteiger partial charge in [-0.25, -0.2) is 4.68 Å². The van der Waals surface area contributed by atoms with E-state index in [9.17, 15) is 10.1 Å². The third-order valence-corrected chi connectivity index (χ3v) is 4.96. The van der Waals surface area contributed by atoms with Crippen molar-refractivity contribution < 1.29 is 14.3 Å². The molecule has 8 nitrogen and oxygen atoms in total. The van der Waals surface area contributed by atoms with Crippen molar-refractivity contribution in [2.45, 2.75) is 12.8 Å². The Balaban J connectivity index is 1.64. The SMILES string of the molecule is COc1cc(C(=O)NCCCc2nn(-c3ccccc3)c(N)c2C#N)cc(Cl)c1OC. The molecule has 0 radical (unpaired) electrons. The quantitative estimate of drug-likeness (QED) is 0.520. The lowest BCUT2D eigenvalue weighted by atomic mass is 10.1.